The first-order chi connectivity index (χ1) is 12.3. The Kier molecular flexibility index (Phi) is 5.58. The van der Waals surface area contributed by atoms with Crippen molar-refractivity contribution < 1.29 is 24.2 Å². The van der Waals surface area contributed by atoms with Gasteiger partial charge in [0.2, 0.25) is 0 Å². The Hall–Kier alpha value is -3.82. The molecule has 0 saturated heterocycles. The summed E-state index contributed by atoms with van der Waals surface area (Å²) in [4.78, 5) is 44.3. The molecule has 1 N–H and O–H groups in total. The molecule has 0 aliphatic heterocycles. The van der Waals surface area contributed by atoms with Gasteiger partial charge in [-0.1, -0.05) is 12.1 Å². The minimum atomic E-state index is -1.22. The van der Waals surface area contributed by atoms with Gasteiger partial charge in [0.25, 0.3) is 17.3 Å². The van der Waals surface area contributed by atoms with Gasteiger partial charge in [0, 0.05) is 30.0 Å². The summed E-state index contributed by atoms with van der Waals surface area (Å²) in [6, 6.07) is 10.2. The van der Waals surface area contributed by atoms with Gasteiger partial charge in [-0.15, -0.1) is 0 Å². The van der Waals surface area contributed by atoms with Crippen molar-refractivity contribution in [3.05, 3.63) is 74.3 Å². The Morgan fingerprint density at radius 1 is 1.00 bits per heavy atom. The lowest BCUT2D eigenvalue weighted by atomic mass is 10.2. The highest BCUT2D eigenvalue weighted by Gasteiger charge is 2.21. The normalized spacial score (nSPS) is 11.3. The SMILES string of the molecule is CC(OC(=O)c1cccc([N+](=O)[O-])c1)C(=O)Nc1cccc([N+](=O)[O-])c1. The van der Waals surface area contributed by atoms with Crippen molar-refractivity contribution in [2.75, 3.05) is 5.32 Å². The van der Waals surface area contributed by atoms with Crippen LogP contribution < -0.4 is 5.32 Å². The lowest BCUT2D eigenvalue weighted by Crippen LogP contribution is -2.30. The zero-order chi connectivity index (χ0) is 19.3. The average molecular weight is 359 g/mol. The molecule has 0 heterocycles. The minimum absolute atomic E-state index is 0.0748. The molecule has 0 aliphatic carbocycles. The Morgan fingerprint density at radius 2 is 1.58 bits per heavy atom. The van der Waals surface area contributed by atoms with Crippen LogP contribution in [0.3, 0.4) is 0 Å². The first-order valence-electron chi connectivity index (χ1n) is 7.28. The fraction of sp³-hybridized carbons (Fsp3) is 0.125. The number of nitrogens with zero attached hydrogens (tertiary/aromatic N) is 2. The standard InChI is InChI=1S/C16H13N3O7/c1-10(15(20)17-12-5-3-7-14(9-12)19(24)25)26-16(21)11-4-2-6-13(8-11)18(22)23/h2-10H,1H3,(H,17,20). The third-order valence-electron chi connectivity index (χ3n) is 3.27. The third-order valence-corrected chi connectivity index (χ3v) is 3.27. The number of amides is 1. The van der Waals surface area contributed by atoms with E-state index in [9.17, 15) is 29.8 Å². The summed E-state index contributed by atoms with van der Waals surface area (Å²) >= 11 is 0. The first-order valence-corrected chi connectivity index (χ1v) is 7.28. The molecule has 1 unspecified atom stereocenters. The Bertz CT molecular complexity index is 882. The maximum Gasteiger partial charge on any atom is 0.339 e. The largest absolute Gasteiger partial charge is 0.449 e. The van der Waals surface area contributed by atoms with E-state index in [1.165, 1.54) is 43.3 Å². The van der Waals surface area contributed by atoms with E-state index in [0.717, 1.165) is 12.1 Å². The van der Waals surface area contributed by atoms with E-state index in [1.54, 1.807) is 0 Å². The summed E-state index contributed by atoms with van der Waals surface area (Å²) in [5, 5.41) is 23.8. The number of nitro benzene ring substituents is 2. The van der Waals surface area contributed by atoms with E-state index in [2.05, 4.69) is 5.32 Å². The van der Waals surface area contributed by atoms with Crippen molar-refractivity contribution in [3.63, 3.8) is 0 Å². The van der Waals surface area contributed by atoms with Crippen LogP contribution in [-0.2, 0) is 9.53 Å². The van der Waals surface area contributed by atoms with Crippen LogP contribution in [0, 0.1) is 20.2 Å². The van der Waals surface area contributed by atoms with Crippen LogP contribution in [0.5, 0.6) is 0 Å². The molecule has 1 amide bonds. The van der Waals surface area contributed by atoms with E-state index in [1.807, 2.05) is 0 Å². The third kappa shape index (κ3) is 4.60. The molecule has 0 saturated carbocycles. The lowest BCUT2D eigenvalue weighted by molar-refractivity contribution is -0.385. The maximum atomic E-state index is 12.1. The van der Waals surface area contributed by atoms with Crippen molar-refractivity contribution in [2.45, 2.75) is 13.0 Å². The second-order valence-electron chi connectivity index (χ2n) is 5.15. The zero-order valence-corrected chi connectivity index (χ0v) is 13.4. The molecular formula is C16H13N3O7. The molecule has 26 heavy (non-hydrogen) atoms. The van der Waals surface area contributed by atoms with E-state index >= 15 is 0 Å². The number of hydrogen-bond acceptors (Lipinski definition) is 7. The number of carbonyl (C=O) groups is 2. The van der Waals surface area contributed by atoms with Crippen LogP contribution in [0.1, 0.15) is 17.3 Å². The Balaban J connectivity index is 2.03. The van der Waals surface area contributed by atoms with Gasteiger partial charge in [0.1, 0.15) is 0 Å². The zero-order valence-electron chi connectivity index (χ0n) is 13.4. The number of rotatable bonds is 6. The molecule has 134 valence electrons. The monoisotopic (exact) mass is 359 g/mol. The van der Waals surface area contributed by atoms with Crippen molar-refractivity contribution in [2.24, 2.45) is 0 Å². The molecule has 2 aromatic rings. The van der Waals surface area contributed by atoms with Gasteiger partial charge in [-0.2, -0.15) is 0 Å². The number of ether oxygens (including phenoxy) is 1. The summed E-state index contributed by atoms with van der Waals surface area (Å²) in [6.45, 7) is 1.31. The Morgan fingerprint density at radius 3 is 2.19 bits per heavy atom. The summed E-state index contributed by atoms with van der Waals surface area (Å²) in [6.07, 6.45) is -1.22. The average Bonchev–Trinajstić information content (AvgIpc) is 2.61. The quantitative estimate of drug-likeness (QED) is 0.474. The smallest absolute Gasteiger partial charge is 0.339 e. The number of benzene rings is 2. The summed E-state index contributed by atoms with van der Waals surface area (Å²) in [5.74, 6) is -1.61. The molecule has 0 fully saturated rings. The van der Waals surface area contributed by atoms with Crippen LogP contribution in [-0.4, -0.2) is 27.8 Å². The van der Waals surface area contributed by atoms with Gasteiger partial charge >= 0.3 is 5.97 Å². The van der Waals surface area contributed by atoms with Crippen molar-refractivity contribution in [3.8, 4) is 0 Å². The number of carbonyl (C=O) groups excluding carboxylic acids is 2. The predicted molar refractivity (Wildman–Crippen MR) is 89.7 cm³/mol. The minimum Gasteiger partial charge on any atom is -0.449 e. The topological polar surface area (TPSA) is 142 Å². The molecule has 0 aromatic heterocycles. The number of nitro groups is 2. The molecule has 10 heteroatoms. The summed E-state index contributed by atoms with van der Waals surface area (Å²) in [5.41, 5.74) is -0.395. The van der Waals surface area contributed by atoms with Gasteiger partial charge in [0.15, 0.2) is 6.10 Å². The van der Waals surface area contributed by atoms with Crippen LogP contribution >= 0.6 is 0 Å². The second-order valence-corrected chi connectivity index (χ2v) is 5.15. The molecule has 1 atom stereocenters. The van der Waals surface area contributed by atoms with E-state index in [4.69, 9.17) is 4.74 Å². The van der Waals surface area contributed by atoms with Gasteiger partial charge < -0.3 is 10.1 Å². The van der Waals surface area contributed by atoms with Crippen LogP contribution in [0.25, 0.3) is 0 Å². The van der Waals surface area contributed by atoms with Crippen molar-refractivity contribution in [1.82, 2.24) is 0 Å². The maximum absolute atomic E-state index is 12.1. The number of esters is 1. The van der Waals surface area contributed by atoms with Gasteiger partial charge in [-0.05, 0) is 19.1 Å². The Labute approximate surface area is 146 Å². The van der Waals surface area contributed by atoms with Crippen LogP contribution in [0.4, 0.5) is 17.1 Å². The fourth-order valence-corrected chi connectivity index (χ4v) is 1.97. The van der Waals surface area contributed by atoms with Gasteiger partial charge in [0.05, 0.1) is 15.4 Å². The number of anilines is 1. The fourth-order valence-electron chi connectivity index (χ4n) is 1.97. The van der Waals surface area contributed by atoms with Crippen molar-refractivity contribution in [1.29, 1.82) is 0 Å². The molecule has 0 bridgehead atoms. The number of nitrogens with one attached hydrogen (secondary N) is 1. The summed E-state index contributed by atoms with van der Waals surface area (Å²) < 4.78 is 4.98. The number of non-ortho nitro benzene ring substituents is 2. The number of hydrogen-bond donors (Lipinski definition) is 1. The molecule has 10 nitrogen and oxygen atoms in total. The van der Waals surface area contributed by atoms with Gasteiger partial charge in [-0.3, -0.25) is 25.0 Å². The molecule has 0 spiro atoms. The van der Waals surface area contributed by atoms with E-state index in [0.29, 0.717) is 0 Å². The van der Waals surface area contributed by atoms with Crippen LogP contribution in [0.15, 0.2) is 48.5 Å². The molecule has 0 radical (unpaired) electrons. The second kappa shape index (κ2) is 7.83. The van der Waals surface area contributed by atoms with Gasteiger partial charge in [-0.25, -0.2) is 4.79 Å². The highest BCUT2D eigenvalue weighted by atomic mass is 16.6. The van der Waals surface area contributed by atoms with E-state index in [-0.39, 0.29) is 22.6 Å². The lowest BCUT2D eigenvalue weighted by Gasteiger charge is -2.13. The molecule has 0 aliphatic rings. The van der Waals surface area contributed by atoms with Crippen molar-refractivity contribution >= 4 is 28.9 Å². The van der Waals surface area contributed by atoms with E-state index < -0.39 is 27.8 Å². The highest BCUT2D eigenvalue weighted by Crippen LogP contribution is 2.18. The molecule has 2 rings (SSSR count). The van der Waals surface area contributed by atoms with Crippen LogP contribution in [0.2, 0.25) is 0 Å². The predicted octanol–water partition coefficient (Wildman–Crippen LogP) is 2.69. The summed E-state index contributed by atoms with van der Waals surface area (Å²) in [7, 11) is 0. The molecule has 2 aromatic carbocycles. The molecular weight excluding hydrogens is 346 g/mol. The highest BCUT2D eigenvalue weighted by molar-refractivity contribution is 5.97. The first kappa shape index (κ1) is 18.5.